The number of methoxy groups -OCH3 is 1. The predicted octanol–water partition coefficient (Wildman–Crippen LogP) is 9.70. The van der Waals surface area contributed by atoms with Gasteiger partial charge in [0.15, 0.2) is 0 Å². The second kappa shape index (κ2) is 22.6. The first-order valence-electron chi connectivity index (χ1n) is 22.0. The van der Waals surface area contributed by atoms with Crippen LogP contribution in [0.25, 0.3) is 6.08 Å². The summed E-state index contributed by atoms with van der Waals surface area (Å²) in [6.07, 6.45) is 5.78. The first kappa shape index (κ1) is 53.4. The zero-order valence-corrected chi connectivity index (χ0v) is 39.9. The van der Waals surface area contributed by atoms with Gasteiger partial charge in [0.2, 0.25) is 0 Å². The predicted molar refractivity (Wildman–Crippen MR) is 239 cm³/mol. The Hall–Kier alpha value is -3.70. The first-order chi connectivity index (χ1) is 28.0. The van der Waals surface area contributed by atoms with Crippen molar-refractivity contribution in [3.8, 4) is 5.75 Å². The number of esters is 3. The van der Waals surface area contributed by atoms with E-state index in [0.29, 0.717) is 63.1 Å². The van der Waals surface area contributed by atoms with E-state index in [2.05, 4.69) is 94.4 Å². The van der Waals surface area contributed by atoms with Crippen LogP contribution in [0.3, 0.4) is 0 Å². The smallest absolute Gasteiger partial charge is 0.333 e. The number of aliphatic hydroxyl groups excluding tert-OH is 2. The number of aliphatic hydroxyl groups is 2. The Bertz CT molecular complexity index is 1610. The average molecular weight is 857 g/mol. The van der Waals surface area contributed by atoms with E-state index in [0.717, 1.165) is 24.2 Å². The van der Waals surface area contributed by atoms with Crippen LogP contribution in [0.2, 0.25) is 0 Å². The summed E-state index contributed by atoms with van der Waals surface area (Å²) in [6, 6.07) is 7.35. The van der Waals surface area contributed by atoms with Gasteiger partial charge in [-0.3, -0.25) is 9.59 Å². The lowest BCUT2D eigenvalue weighted by molar-refractivity contribution is -0.170. The summed E-state index contributed by atoms with van der Waals surface area (Å²) in [5.41, 5.74) is 0.399. The molecule has 2 aliphatic carbocycles. The second-order valence-corrected chi connectivity index (χ2v) is 21.5. The van der Waals surface area contributed by atoms with Gasteiger partial charge in [-0.2, -0.15) is 0 Å². The Balaban J connectivity index is 0.000000627. The molecule has 0 radical (unpaired) electrons. The van der Waals surface area contributed by atoms with Crippen molar-refractivity contribution in [1.82, 2.24) is 0 Å². The van der Waals surface area contributed by atoms with Crippen molar-refractivity contribution in [1.29, 1.82) is 0 Å². The normalized spacial score (nSPS) is 23.9. The molecule has 2 fully saturated rings. The molecular weight excluding hydrogens is 777 g/mol. The summed E-state index contributed by atoms with van der Waals surface area (Å²) in [7, 11) is 1.60. The van der Waals surface area contributed by atoms with Gasteiger partial charge in [-0.15, -0.1) is 0 Å². The maximum atomic E-state index is 13.9. The Kier molecular flexibility index (Phi) is 19.8. The highest BCUT2D eigenvalue weighted by atomic mass is 16.6. The van der Waals surface area contributed by atoms with E-state index in [9.17, 15) is 29.4 Å². The maximum Gasteiger partial charge on any atom is 0.333 e. The fourth-order valence-electron chi connectivity index (χ4n) is 9.10. The molecule has 11 nitrogen and oxygen atoms in total. The molecular formula is C50H80O11. The molecule has 2 saturated carbocycles. The summed E-state index contributed by atoms with van der Waals surface area (Å²) in [5, 5.41) is 20.6. The second-order valence-electron chi connectivity index (χ2n) is 21.5. The van der Waals surface area contributed by atoms with Crippen molar-refractivity contribution in [2.24, 2.45) is 44.8 Å². The highest BCUT2D eigenvalue weighted by Crippen LogP contribution is 2.54. The summed E-state index contributed by atoms with van der Waals surface area (Å²) in [5.74, 6) is 0.131. The van der Waals surface area contributed by atoms with Crippen LogP contribution in [-0.4, -0.2) is 79.3 Å². The van der Waals surface area contributed by atoms with E-state index >= 15 is 0 Å². The first-order valence-corrected chi connectivity index (χ1v) is 22.0. The molecule has 0 bridgehead atoms. The van der Waals surface area contributed by atoms with Crippen LogP contribution >= 0.6 is 0 Å². The van der Waals surface area contributed by atoms with Crippen molar-refractivity contribution in [3.63, 3.8) is 0 Å². The summed E-state index contributed by atoms with van der Waals surface area (Å²) in [6.45, 7) is 33.0. The zero-order valence-electron chi connectivity index (χ0n) is 39.9. The molecule has 8 unspecified atom stereocenters. The van der Waals surface area contributed by atoms with Crippen LogP contribution in [-0.2, 0) is 38.1 Å². The largest absolute Gasteiger partial charge is 0.497 e. The van der Waals surface area contributed by atoms with Crippen molar-refractivity contribution in [3.05, 3.63) is 48.1 Å². The fourth-order valence-corrected chi connectivity index (χ4v) is 9.10. The standard InChI is InChI=1S/C38H62O6.C12H18O5/c1-26(36(8,9)24-34(2,3)4)37(10,11)25-38(12,35(5,6)7)33(41)43-23-28-16-20-31(30(39)22-28)44-32(40)21-17-27-14-18-29(42-13)19-15-27;1-8(2)12(15)17-11-4-3-9(5-10(11)14)6-16-7-13/h14-15,17-19,21,26,28,30-31,39H,16,20,22-25H2,1-13H3;7,9-11,14H,1,3-6H2,2H3/b21-17+;. The van der Waals surface area contributed by atoms with Crippen LogP contribution in [0.5, 0.6) is 5.75 Å². The van der Waals surface area contributed by atoms with Gasteiger partial charge in [0.1, 0.15) is 18.0 Å². The van der Waals surface area contributed by atoms with Crippen LogP contribution < -0.4 is 4.74 Å². The van der Waals surface area contributed by atoms with Crippen molar-refractivity contribution in [2.45, 2.75) is 166 Å². The molecule has 0 heterocycles. The van der Waals surface area contributed by atoms with Gasteiger partial charge >= 0.3 is 17.9 Å². The van der Waals surface area contributed by atoms with E-state index in [-0.39, 0.29) is 46.1 Å². The minimum absolute atomic E-state index is 0.0145. The topological polar surface area (TPSA) is 155 Å². The zero-order chi connectivity index (χ0) is 46.6. The number of carbonyl (C=O) groups excluding carboxylic acids is 4. The number of hydrogen-bond acceptors (Lipinski definition) is 11. The minimum atomic E-state index is -0.801. The lowest BCUT2D eigenvalue weighted by Crippen LogP contribution is -2.48. The lowest BCUT2D eigenvalue weighted by Gasteiger charge is -2.51. The Labute approximate surface area is 367 Å². The van der Waals surface area contributed by atoms with E-state index in [1.165, 1.54) is 6.08 Å². The van der Waals surface area contributed by atoms with E-state index in [1.54, 1.807) is 20.1 Å². The molecule has 346 valence electrons. The van der Waals surface area contributed by atoms with E-state index in [1.807, 2.05) is 24.3 Å². The van der Waals surface area contributed by atoms with Gasteiger partial charge in [-0.05, 0) is 128 Å². The lowest BCUT2D eigenvalue weighted by atomic mass is 9.54. The molecule has 0 aliphatic heterocycles. The van der Waals surface area contributed by atoms with Gasteiger partial charge < -0.3 is 33.9 Å². The molecule has 11 heteroatoms. The van der Waals surface area contributed by atoms with Crippen LogP contribution in [0.4, 0.5) is 0 Å². The van der Waals surface area contributed by atoms with Crippen molar-refractivity contribution in [2.75, 3.05) is 20.3 Å². The number of carbonyl (C=O) groups is 4. The molecule has 1 aromatic carbocycles. The van der Waals surface area contributed by atoms with Gasteiger partial charge in [0, 0.05) is 11.6 Å². The van der Waals surface area contributed by atoms with E-state index in [4.69, 9.17) is 18.9 Å². The number of ether oxygens (including phenoxy) is 5. The SMILES string of the molecule is C=C(C)C(=O)OC1CCC(COC=O)CC1O.COc1ccc(/C=C/C(=O)OC2CCC(COC(=O)C(C)(CC(C)(C)C(C)C(C)(C)CC(C)(C)C)C(C)(C)C)CC2O)cc1. The fraction of sp³-hybridized carbons (Fsp3) is 0.720. The third-order valence-electron chi connectivity index (χ3n) is 13.2. The third kappa shape index (κ3) is 16.8. The molecule has 3 rings (SSSR count). The summed E-state index contributed by atoms with van der Waals surface area (Å²) < 4.78 is 26.6. The van der Waals surface area contributed by atoms with Crippen molar-refractivity contribution < 1.29 is 53.1 Å². The molecule has 8 atom stereocenters. The monoisotopic (exact) mass is 857 g/mol. The van der Waals surface area contributed by atoms with Crippen LogP contribution in [0.1, 0.15) is 147 Å². The third-order valence-corrected chi connectivity index (χ3v) is 13.2. The molecule has 61 heavy (non-hydrogen) atoms. The average Bonchev–Trinajstić information content (AvgIpc) is 3.15. The molecule has 2 aliphatic rings. The summed E-state index contributed by atoms with van der Waals surface area (Å²) in [4.78, 5) is 47.7. The molecule has 0 aromatic heterocycles. The highest BCUT2D eigenvalue weighted by molar-refractivity contribution is 5.87. The number of rotatable bonds is 17. The van der Waals surface area contributed by atoms with Gasteiger partial charge in [-0.25, -0.2) is 9.59 Å². The van der Waals surface area contributed by atoms with Crippen LogP contribution in [0.15, 0.2) is 42.5 Å². The van der Waals surface area contributed by atoms with Gasteiger partial charge in [0.25, 0.3) is 6.47 Å². The quantitative estimate of drug-likeness (QED) is 0.0666. The highest BCUT2D eigenvalue weighted by Gasteiger charge is 2.52. The Morgan fingerprint density at radius 2 is 1.30 bits per heavy atom. The van der Waals surface area contributed by atoms with Crippen molar-refractivity contribution >= 4 is 30.5 Å². The molecule has 1 aromatic rings. The number of benzene rings is 1. The van der Waals surface area contributed by atoms with Gasteiger partial charge in [0.05, 0.1) is 37.9 Å². The van der Waals surface area contributed by atoms with E-state index < -0.39 is 41.8 Å². The Morgan fingerprint density at radius 1 is 0.787 bits per heavy atom. The Morgan fingerprint density at radius 3 is 1.75 bits per heavy atom. The molecule has 0 spiro atoms. The van der Waals surface area contributed by atoms with Crippen LogP contribution in [0, 0.1) is 44.8 Å². The molecule has 2 N–H and O–H groups in total. The summed E-state index contributed by atoms with van der Waals surface area (Å²) >= 11 is 0. The minimum Gasteiger partial charge on any atom is -0.497 e. The number of hydrogen-bond donors (Lipinski definition) is 2. The van der Waals surface area contributed by atoms with Gasteiger partial charge in [-0.1, -0.05) is 94.9 Å². The molecule has 0 amide bonds. The molecule has 0 saturated heterocycles. The maximum absolute atomic E-state index is 13.9.